The van der Waals surface area contributed by atoms with E-state index < -0.39 is 102 Å². The molecule has 3 saturated heterocycles. The van der Waals surface area contributed by atoms with Crippen molar-refractivity contribution in [3.8, 4) is 22.6 Å². The molecular formula is C100H107NO16SSi. The highest BCUT2D eigenvalue weighted by molar-refractivity contribution is 7.87. The van der Waals surface area contributed by atoms with Gasteiger partial charge in [-0.25, -0.2) is 0 Å². The van der Waals surface area contributed by atoms with Crippen molar-refractivity contribution in [3.63, 3.8) is 0 Å². The summed E-state index contributed by atoms with van der Waals surface area (Å²) in [5.74, 6) is -0.0196. The van der Waals surface area contributed by atoms with Crippen LogP contribution in [0.4, 0.5) is 5.69 Å². The summed E-state index contributed by atoms with van der Waals surface area (Å²) in [5.41, 5.74) is 8.15. The van der Waals surface area contributed by atoms with Gasteiger partial charge in [-0.15, -0.1) is 0 Å². The zero-order valence-electron chi connectivity index (χ0n) is 68.2. The Morgan fingerprint density at radius 1 is 0.429 bits per heavy atom. The number of β-lactam (4-membered cyclic amide) rings is 1. The van der Waals surface area contributed by atoms with Crippen LogP contribution >= 0.6 is 0 Å². The summed E-state index contributed by atoms with van der Waals surface area (Å²) in [6.07, 6.45) is -9.11. The van der Waals surface area contributed by atoms with Crippen LogP contribution in [0.3, 0.4) is 0 Å². The van der Waals surface area contributed by atoms with Crippen molar-refractivity contribution in [2.24, 2.45) is 5.41 Å². The van der Waals surface area contributed by atoms with Crippen molar-refractivity contribution >= 4 is 30.0 Å². The molecule has 3 aliphatic heterocycles. The van der Waals surface area contributed by atoms with Gasteiger partial charge >= 0.3 is 10.1 Å². The number of rotatable bonds is 35. The number of benzene rings is 11. The second-order valence-electron chi connectivity index (χ2n) is 33.1. The molecule has 119 heavy (non-hydrogen) atoms. The monoisotopic (exact) mass is 1640 g/mol. The van der Waals surface area contributed by atoms with Crippen LogP contribution in [0.5, 0.6) is 11.5 Å². The average Bonchev–Trinajstić information content (AvgIpc) is 0.690. The van der Waals surface area contributed by atoms with Crippen molar-refractivity contribution < 1.29 is 74.3 Å². The summed E-state index contributed by atoms with van der Waals surface area (Å²) in [7, 11) is -7.30. The second-order valence-corrected chi connectivity index (χ2v) is 39.4. The van der Waals surface area contributed by atoms with Gasteiger partial charge in [0.05, 0.1) is 76.5 Å². The Morgan fingerprint density at radius 2 is 0.824 bits per heavy atom. The van der Waals surface area contributed by atoms with Gasteiger partial charge in [-0.2, -0.15) is 8.42 Å². The highest BCUT2D eigenvalue weighted by Gasteiger charge is 2.65. The van der Waals surface area contributed by atoms with Gasteiger partial charge in [0.2, 0.25) is 14.2 Å². The molecule has 11 aromatic rings. The van der Waals surface area contributed by atoms with Crippen LogP contribution in [0.2, 0.25) is 18.1 Å². The summed E-state index contributed by atoms with van der Waals surface area (Å²) >= 11 is 0. The van der Waals surface area contributed by atoms with E-state index in [1.165, 1.54) is 0 Å². The molecule has 17 nitrogen and oxygen atoms in total. The largest absolute Gasteiger partial charge is 0.543 e. The first-order valence-electron chi connectivity index (χ1n) is 41.3. The summed E-state index contributed by atoms with van der Waals surface area (Å²) in [6, 6.07) is 101. The number of amides is 1. The standard InChI is InChI=1S/C100H107NO16SSi/c1-98(2,3)119(4,5)117-85-61-80(54-55-84(85)95-99(97(102)101(95)82-51-31-14-32-52-82)56-58-100(103,59-57-99)81-49-29-13-30-50-81)79-48-33-53-83(60-79)116-118(104,105)71-88-90(109-65-75-40-21-9-22-41-75)92(110-66-76-42-23-10-24-43-76)91(87(113-88)70-107-63-73-36-17-7-18-37-73)115-96-94(112-68-78-46-27-12-28-47-78)93(111-67-77-44-25-11-26-45-77)89(108-64-74-38-19-8-20-39-74)86(114-96)69-106-62-72-34-15-6-16-35-72/h6-55,60-61,86-96,103H,56-59,62-71H2,1-5H3/t86?,87?,88-,89-,90?,91+,92-,93+,94?,95+,96-,99?,100?/m0/s1. The first kappa shape index (κ1) is 84.2. The number of ether oxygens (including phenoxy) is 10. The van der Waals surface area contributed by atoms with Crippen molar-refractivity contribution in [1.29, 1.82) is 0 Å². The Hall–Kier alpha value is -9.78. The molecule has 0 bridgehead atoms. The van der Waals surface area contributed by atoms with E-state index in [2.05, 4.69) is 39.9 Å². The predicted octanol–water partition coefficient (Wildman–Crippen LogP) is 19.2. The smallest absolute Gasteiger partial charge is 0.311 e. The molecule has 1 saturated carbocycles. The second kappa shape index (κ2) is 38.7. The molecule has 11 atom stereocenters. The van der Waals surface area contributed by atoms with Gasteiger partial charge in [0, 0.05) is 11.3 Å². The summed E-state index contributed by atoms with van der Waals surface area (Å²) in [4.78, 5) is 17.1. The lowest BCUT2D eigenvalue weighted by Crippen LogP contribution is -2.66. The maximum absolute atomic E-state index is 15.7. The summed E-state index contributed by atoms with van der Waals surface area (Å²) in [5, 5.41) is 12.0. The van der Waals surface area contributed by atoms with Crippen LogP contribution < -0.4 is 13.5 Å². The third kappa shape index (κ3) is 20.8. The minimum Gasteiger partial charge on any atom is -0.543 e. The van der Waals surface area contributed by atoms with Crippen molar-refractivity contribution in [1.82, 2.24) is 0 Å². The highest BCUT2D eigenvalue weighted by atomic mass is 32.2. The number of para-hydroxylation sites is 1. The normalized spacial score (nSPS) is 24.0. The van der Waals surface area contributed by atoms with Gasteiger partial charge < -0.3 is 66.0 Å². The van der Waals surface area contributed by atoms with Crippen LogP contribution in [0.1, 0.15) is 103 Å². The Balaban J connectivity index is 0.791. The molecule has 1 N–H and O–H groups in total. The number of hydrogen-bond donors (Lipinski definition) is 1. The van der Waals surface area contributed by atoms with E-state index in [4.69, 9.17) is 56.0 Å². The molecule has 0 aromatic heterocycles. The van der Waals surface area contributed by atoms with E-state index in [0.29, 0.717) is 37.0 Å². The molecule has 1 spiro atoms. The van der Waals surface area contributed by atoms with Crippen molar-refractivity contribution in [2.45, 2.75) is 184 Å². The van der Waals surface area contributed by atoms with E-state index in [0.717, 1.165) is 61.3 Å². The lowest BCUT2D eigenvalue weighted by molar-refractivity contribution is -0.362. The molecule has 1 amide bonds. The van der Waals surface area contributed by atoms with Crippen LogP contribution in [-0.2, 0) is 114 Å². The lowest BCUT2D eigenvalue weighted by atomic mass is 9.56. The van der Waals surface area contributed by atoms with E-state index in [-0.39, 0.29) is 76.2 Å². The van der Waals surface area contributed by atoms with Crippen molar-refractivity contribution in [2.75, 3.05) is 23.9 Å². The van der Waals surface area contributed by atoms with E-state index in [1.807, 2.05) is 296 Å². The molecule has 1 aliphatic carbocycles. The van der Waals surface area contributed by atoms with Gasteiger partial charge in [0.25, 0.3) is 0 Å². The third-order valence-electron chi connectivity index (χ3n) is 23.8. The molecule has 3 heterocycles. The number of anilines is 1. The highest BCUT2D eigenvalue weighted by Crippen LogP contribution is 2.63. The van der Waals surface area contributed by atoms with Crippen LogP contribution in [0, 0.1) is 5.41 Å². The third-order valence-corrected chi connectivity index (χ3v) is 29.3. The SMILES string of the molecule is CC(C)(C)[Si](C)(C)Oc1cc(-c2cccc(OS(=O)(=O)C[C@@H]3OC(COCc4ccccc4)[C@@H](O[C@@H]4OC(COCc5ccccc5)[C@H](OCc5ccccc5)[C@@H](OCc5ccccc5)C4OCc4ccccc4)[C@@H](OCc4ccccc4)C3OCc3ccccc3)c2)ccc1[C@H]1N(c2ccccc2)C(=O)C12CCC(O)(c1ccccc1)CC2. The fraction of sp³-hybridized carbons (Fsp3) is 0.330. The van der Waals surface area contributed by atoms with Gasteiger partial charge in [-0.1, -0.05) is 306 Å². The fourth-order valence-electron chi connectivity index (χ4n) is 16.4. The van der Waals surface area contributed by atoms with E-state index in [9.17, 15) is 5.11 Å². The first-order valence-corrected chi connectivity index (χ1v) is 45.8. The quantitative estimate of drug-likeness (QED) is 0.0224. The fourth-order valence-corrected chi connectivity index (χ4v) is 18.5. The lowest BCUT2D eigenvalue weighted by Gasteiger charge is -2.60. The zero-order valence-corrected chi connectivity index (χ0v) is 70.0. The topological polar surface area (TPSA) is 185 Å². The molecule has 618 valence electrons. The van der Waals surface area contributed by atoms with Gasteiger partial charge in [0.1, 0.15) is 72.2 Å². The molecule has 4 unspecified atom stereocenters. The molecular weight excluding hydrogens is 1530 g/mol. The van der Waals surface area contributed by atoms with Crippen LogP contribution in [0.15, 0.2) is 315 Å². The average molecular weight is 1640 g/mol. The summed E-state index contributed by atoms with van der Waals surface area (Å²) < 4.78 is 117. The van der Waals surface area contributed by atoms with Gasteiger partial charge in [-0.05, 0) is 130 Å². The minimum absolute atomic E-state index is 0.0146. The number of carbonyl (C=O) groups excluding carboxylic acids is 1. The van der Waals surface area contributed by atoms with Gasteiger partial charge in [-0.3, -0.25) is 4.79 Å². The maximum atomic E-state index is 15.7. The Kier molecular flexibility index (Phi) is 27.4. The Labute approximate surface area is 701 Å². The number of aliphatic hydroxyl groups is 1. The Morgan fingerprint density at radius 3 is 1.29 bits per heavy atom. The van der Waals surface area contributed by atoms with E-state index in [1.54, 1.807) is 18.2 Å². The number of hydrogen-bond acceptors (Lipinski definition) is 16. The minimum atomic E-state index is -4.67. The molecule has 11 aromatic carbocycles. The van der Waals surface area contributed by atoms with Gasteiger partial charge in [0.15, 0.2) is 6.29 Å². The van der Waals surface area contributed by atoms with Crippen LogP contribution in [-0.4, -0.2) is 108 Å². The summed E-state index contributed by atoms with van der Waals surface area (Å²) in [6.45, 7) is 11.9. The first-order chi connectivity index (χ1) is 57.8. The maximum Gasteiger partial charge on any atom is 0.311 e. The Bertz CT molecular complexity index is 5120. The number of carbonyl (C=O) groups is 1. The molecule has 0 radical (unpaired) electrons. The number of nitrogens with zero attached hydrogens (tertiary/aromatic N) is 1. The predicted molar refractivity (Wildman–Crippen MR) is 462 cm³/mol. The zero-order chi connectivity index (χ0) is 82.2. The van der Waals surface area contributed by atoms with Crippen molar-refractivity contribution in [3.05, 3.63) is 366 Å². The molecule has 19 heteroatoms. The van der Waals surface area contributed by atoms with E-state index >= 15 is 13.2 Å². The van der Waals surface area contributed by atoms with Crippen LogP contribution in [0.25, 0.3) is 11.1 Å². The molecule has 4 fully saturated rings. The molecule has 4 aliphatic rings. The molecule has 15 rings (SSSR count).